The molecule has 32 heavy (non-hydrogen) atoms. The van der Waals surface area contributed by atoms with Gasteiger partial charge in [0.1, 0.15) is 18.1 Å². The number of nitrogens with zero attached hydrogens (tertiary/aromatic N) is 1. The molecule has 0 bridgehead atoms. The van der Waals surface area contributed by atoms with E-state index in [1.165, 1.54) is 12.1 Å². The number of amides is 1. The van der Waals surface area contributed by atoms with E-state index >= 15 is 0 Å². The number of fused-ring (bicyclic) bond motifs is 1. The fourth-order valence-corrected chi connectivity index (χ4v) is 3.67. The van der Waals surface area contributed by atoms with Gasteiger partial charge in [0.15, 0.2) is 0 Å². The van der Waals surface area contributed by atoms with Crippen LogP contribution in [0.25, 0.3) is 10.8 Å². The highest BCUT2D eigenvalue weighted by Gasteiger charge is 2.12. The molecule has 0 fully saturated rings. The van der Waals surface area contributed by atoms with Crippen molar-refractivity contribution in [2.24, 2.45) is 5.10 Å². The van der Waals surface area contributed by atoms with Gasteiger partial charge >= 0.3 is 0 Å². The maximum Gasteiger partial charge on any atom is 0.275 e. The van der Waals surface area contributed by atoms with Crippen molar-refractivity contribution in [1.29, 1.82) is 0 Å². The maximum absolute atomic E-state index is 12.4. The summed E-state index contributed by atoms with van der Waals surface area (Å²) < 4.78 is 6.73. The summed E-state index contributed by atoms with van der Waals surface area (Å²) in [4.78, 5) is 12.4. The second-order valence-electron chi connectivity index (χ2n) is 6.97. The van der Waals surface area contributed by atoms with E-state index in [0.29, 0.717) is 21.9 Å². The second-order valence-corrected chi connectivity index (χ2v) is 8.33. The van der Waals surface area contributed by atoms with Crippen LogP contribution in [0.15, 0.2) is 88.4 Å². The van der Waals surface area contributed by atoms with Gasteiger partial charge in [-0.15, -0.1) is 0 Å². The average molecular weight is 510 g/mol. The monoisotopic (exact) mass is 508 g/mol. The van der Waals surface area contributed by atoms with E-state index in [1.807, 2.05) is 60.7 Å². The van der Waals surface area contributed by atoms with E-state index < -0.39 is 5.91 Å². The molecule has 5 nitrogen and oxygen atoms in total. The molecule has 0 unspecified atom stereocenters. The Morgan fingerprint density at radius 2 is 1.84 bits per heavy atom. The molecule has 1 amide bonds. The number of benzene rings is 4. The Morgan fingerprint density at radius 3 is 2.66 bits per heavy atom. The van der Waals surface area contributed by atoms with Crippen molar-refractivity contribution < 1.29 is 14.6 Å². The van der Waals surface area contributed by atoms with Gasteiger partial charge in [-0.3, -0.25) is 4.79 Å². The Morgan fingerprint density at radius 1 is 1.06 bits per heavy atom. The summed E-state index contributed by atoms with van der Waals surface area (Å²) in [6, 6.07) is 23.8. The van der Waals surface area contributed by atoms with Crippen molar-refractivity contribution in [3.8, 4) is 11.5 Å². The molecule has 7 heteroatoms. The number of rotatable bonds is 6. The number of hydrazone groups is 1. The average Bonchev–Trinajstić information content (AvgIpc) is 2.80. The van der Waals surface area contributed by atoms with Gasteiger partial charge in [-0.25, -0.2) is 5.43 Å². The van der Waals surface area contributed by atoms with Crippen LogP contribution in [-0.2, 0) is 6.61 Å². The predicted molar refractivity (Wildman–Crippen MR) is 131 cm³/mol. The second kappa shape index (κ2) is 9.85. The van der Waals surface area contributed by atoms with Crippen LogP contribution in [0.2, 0.25) is 5.02 Å². The molecule has 4 aromatic carbocycles. The molecule has 2 N–H and O–H groups in total. The van der Waals surface area contributed by atoms with Gasteiger partial charge in [-0.2, -0.15) is 5.10 Å². The Labute approximate surface area is 198 Å². The first-order valence-electron chi connectivity index (χ1n) is 9.72. The van der Waals surface area contributed by atoms with E-state index in [9.17, 15) is 9.90 Å². The Balaban J connectivity index is 1.59. The van der Waals surface area contributed by atoms with Crippen LogP contribution in [0.5, 0.6) is 11.5 Å². The standard InChI is InChI=1S/C25H18BrClN2O3/c26-18-8-11-23(30)21(13-18)25(31)29-28-14-22-20-4-2-1-3-17(20)7-12-24(22)32-15-16-5-9-19(27)10-6-16/h1-14,30H,15H2,(H,29,31)/b28-14+. The first kappa shape index (κ1) is 21.9. The molecule has 0 saturated carbocycles. The van der Waals surface area contributed by atoms with Crippen molar-refractivity contribution in [3.05, 3.63) is 105 Å². The number of aromatic hydroxyl groups is 1. The lowest BCUT2D eigenvalue weighted by Gasteiger charge is -2.12. The van der Waals surface area contributed by atoms with Gasteiger partial charge in [0.25, 0.3) is 5.91 Å². The van der Waals surface area contributed by atoms with Crippen molar-refractivity contribution in [3.63, 3.8) is 0 Å². The van der Waals surface area contributed by atoms with Gasteiger partial charge in [0, 0.05) is 15.1 Å². The zero-order chi connectivity index (χ0) is 22.5. The van der Waals surface area contributed by atoms with Crippen LogP contribution in [0.3, 0.4) is 0 Å². The summed E-state index contributed by atoms with van der Waals surface area (Å²) in [5, 5.41) is 16.7. The van der Waals surface area contributed by atoms with E-state index in [2.05, 4.69) is 26.5 Å². The molecule has 0 radical (unpaired) electrons. The third kappa shape index (κ3) is 5.10. The van der Waals surface area contributed by atoms with E-state index in [4.69, 9.17) is 16.3 Å². The minimum atomic E-state index is -0.524. The molecule has 4 aromatic rings. The van der Waals surface area contributed by atoms with Gasteiger partial charge in [0.2, 0.25) is 0 Å². The minimum absolute atomic E-state index is 0.119. The Kier molecular flexibility index (Phi) is 6.73. The number of carbonyl (C=O) groups is 1. The summed E-state index contributed by atoms with van der Waals surface area (Å²) in [6.45, 7) is 0.356. The zero-order valence-corrected chi connectivity index (χ0v) is 19.1. The maximum atomic E-state index is 12.4. The number of nitrogens with one attached hydrogen (secondary N) is 1. The molecule has 0 aliphatic carbocycles. The molecule has 0 spiro atoms. The molecule has 0 heterocycles. The number of phenolic OH excluding ortho intramolecular Hbond substituents is 1. The van der Waals surface area contributed by atoms with Crippen molar-refractivity contribution in [2.75, 3.05) is 0 Å². The number of carbonyl (C=O) groups excluding carboxylic acids is 1. The van der Waals surface area contributed by atoms with Crippen molar-refractivity contribution >= 4 is 50.4 Å². The van der Waals surface area contributed by atoms with Crippen molar-refractivity contribution in [2.45, 2.75) is 6.61 Å². The molecule has 160 valence electrons. The molecule has 0 atom stereocenters. The fourth-order valence-electron chi connectivity index (χ4n) is 3.18. The van der Waals surface area contributed by atoms with Gasteiger partial charge in [-0.05, 0) is 52.7 Å². The van der Waals surface area contributed by atoms with E-state index in [1.54, 1.807) is 12.3 Å². The lowest BCUT2D eigenvalue weighted by molar-refractivity contribution is 0.0952. The molecular weight excluding hydrogens is 492 g/mol. The highest BCUT2D eigenvalue weighted by molar-refractivity contribution is 9.10. The zero-order valence-electron chi connectivity index (χ0n) is 16.8. The van der Waals surface area contributed by atoms with E-state index in [0.717, 1.165) is 21.9 Å². The fraction of sp³-hybridized carbons (Fsp3) is 0.0400. The SMILES string of the molecule is O=C(N/N=C/c1c(OCc2ccc(Cl)cc2)ccc2ccccc12)c1cc(Br)ccc1O. The lowest BCUT2D eigenvalue weighted by atomic mass is 10.0. The van der Waals surface area contributed by atoms with Crippen LogP contribution in [-0.4, -0.2) is 17.2 Å². The summed E-state index contributed by atoms with van der Waals surface area (Å²) in [5.41, 5.74) is 4.29. The highest BCUT2D eigenvalue weighted by atomic mass is 79.9. The lowest BCUT2D eigenvalue weighted by Crippen LogP contribution is -2.17. The van der Waals surface area contributed by atoms with Gasteiger partial charge in [-0.1, -0.05) is 70.0 Å². The smallest absolute Gasteiger partial charge is 0.275 e. The summed E-state index contributed by atoms with van der Waals surface area (Å²) in [7, 11) is 0. The van der Waals surface area contributed by atoms with E-state index in [-0.39, 0.29) is 11.3 Å². The van der Waals surface area contributed by atoms with Crippen LogP contribution < -0.4 is 10.2 Å². The molecular formula is C25H18BrClN2O3. The number of phenols is 1. The largest absolute Gasteiger partial charge is 0.507 e. The van der Waals surface area contributed by atoms with Crippen LogP contribution in [0.4, 0.5) is 0 Å². The Bertz CT molecular complexity index is 1310. The quantitative estimate of drug-likeness (QED) is 0.236. The molecule has 4 rings (SSSR count). The highest BCUT2D eigenvalue weighted by Crippen LogP contribution is 2.28. The number of hydrogen-bond acceptors (Lipinski definition) is 4. The number of halogens is 2. The number of ether oxygens (including phenoxy) is 1. The predicted octanol–water partition coefficient (Wildman–Crippen LogP) is 6.30. The first-order valence-corrected chi connectivity index (χ1v) is 10.9. The Hall–Kier alpha value is -3.35. The molecule has 0 aliphatic heterocycles. The van der Waals surface area contributed by atoms with Crippen LogP contribution in [0.1, 0.15) is 21.5 Å². The molecule has 0 aromatic heterocycles. The summed E-state index contributed by atoms with van der Waals surface area (Å²) >= 11 is 9.25. The first-order chi connectivity index (χ1) is 15.5. The topological polar surface area (TPSA) is 70.9 Å². The third-order valence-corrected chi connectivity index (χ3v) is 5.55. The molecule has 0 saturated heterocycles. The van der Waals surface area contributed by atoms with Crippen LogP contribution in [0, 0.1) is 0 Å². The number of hydrogen-bond donors (Lipinski definition) is 2. The van der Waals surface area contributed by atoms with Crippen molar-refractivity contribution in [1.82, 2.24) is 5.43 Å². The normalized spacial score (nSPS) is 11.1. The van der Waals surface area contributed by atoms with Gasteiger partial charge < -0.3 is 9.84 Å². The van der Waals surface area contributed by atoms with Gasteiger partial charge in [0.05, 0.1) is 11.8 Å². The minimum Gasteiger partial charge on any atom is -0.507 e. The van der Waals surface area contributed by atoms with Crippen LogP contribution >= 0.6 is 27.5 Å². The molecule has 0 aliphatic rings. The third-order valence-electron chi connectivity index (χ3n) is 4.80. The summed E-state index contributed by atoms with van der Waals surface area (Å²) in [5.74, 6) is -0.0241. The summed E-state index contributed by atoms with van der Waals surface area (Å²) in [6.07, 6.45) is 1.55.